The van der Waals surface area contributed by atoms with Crippen LogP contribution in [0.3, 0.4) is 0 Å². The molecule has 146 valence electrons. The van der Waals surface area contributed by atoms with Crippen LogP contribution in [-0.4, -0.2) is 49.5 Å². The van der Waals surface area contributed by atoms with Crippen molar-refractivity contribution < 1.29 is 14.3 Å². The molecule has 0 saturated heterocycles. The zero-order valence-electron chi connectivity index (χ0n) is 16.1. The molecule has 0 radical (unpaired) electrons. The van der Waals surface area contributed by atoms with Gasteiger partial charge in [-0.25, -0.2) is 0 Å². The molecule has 2 amide bonds. The standard InChI is InChI=1S/C20H27N3O3S/c1-4-23(5-2)12-13-26-17-9-7-6-8-16(17)22-19(24)14-21-20(25)18-11-10-15(3)27-18/h6-11H,4-5,12-14H2,1-3H3,(H,21,25)(H,22,24). The zero-order chi connectivity index (χ0) is 19.6. The molecule has 0 aliphatic rings. The third kappa shape index (κ3) is 6.69. The smallest absolute Gasteiger partial charge is 0.261 e. The lowest BCUT2D eigenvalue weighted by atomic mass is 10.3. The first-order chi connectivity index (χ1) is 13.0. The Morgan fingerprint density at radius 2 is 1.85 bits per heavy atom. The van der Waals surface area contributed by atoms with Gasteiger partial charge in [0.2, 0.25) is 5.91 Å². The predicted octanol–water partition coefficient (Wildman–Crippen LogP) is 3.15. The highest BCUT2D eigenvalue weighted by Crippen LogP contribution is 2.23. The average molecular weight is 390 g/mol. The number of benzene rings is 1. The fourth-order valence-electron chi connectivity index (χ4n) is 2.52. The molecular formula is C20H27N3O3S. The van der Waals surface area contributed by atoms with Crippen molar-refractivity contribution in [3.63, 3.8) is 0 Å². The van der Waals surface area contributed by atoms with Crippen molar-refractivity contribution in [2.75, 3.05) is 38.1 Å². The molecular weight excluding hydrogens is 362 g/mol. The maximum atomic E-state index is 12.2. The summed E-state index contributed by atoms with van der Waals surface area (Å²) >= 11 is 1.40. The van der Waals surface area contributed by atoms with E-state index in [1.807, 2.05) is 31.2 Å². The molecule has 6 nitrogen and oxygen atoms in total. The van der Waals surface area contributed by atoms with Crippen LogP contribution in [0.15, 0.2) is 36.4 Å². The Morgan fingerprint density at radius 1 is 1.11 bits per heavy atom. The van der Waals surface area contributed by atoms with Crippen LogP contribution in [0.5, 0.6) is 5.75 Å². The second-order valence-electron chi connectivity index (χ2n) is 6.01. The normalized spacial score (nSPS) is 10.7. The molecule has 1 aromatic carbocycles. The Bertz CT molecular complexity index is 756. The van der Waals surface area contributed by atoms with E-state index in [-0.39, 0.29) is 18.4 Å². The molecule has 2 N–H and O–H groups in total. The third-order valence-electron chi connectivity index (χ3n) is 4.09. The number of rotatable bonds is 10. The minimum Gasteiger partial charge on any atom is -0.490 e. The SMILES string of the molecule is CCN(CC)CCOc1ccccc1NC(=O)CNC(=O)c1ccc(C)s1. The molecule has 0 saturated carbocycles. The minimum atomic E-state index is -0.295. The van der Waals surface area contributed by atoms with Gasteiger partial charge in [0.25, 0.3) is 5.91 Å². The zero-order valence-corrected chi connectivity index (χ0v) is 16.9. The number of anilines is 1. The summed E-state index contributed by atoms with van der Waals surface area (Å²) in [6.45, 7) is 9.39. The molecule has 2 rings (SSSR count). The number of ether oxygens (including phenoxy) is 1. The van der Waals surface area contributed by atoms with Crippen LogP contribution in [0.1, 0.15) is 28.4 Å². The molecule has 0 atom stereocenters. The molecule has 1 aromatic heterocycles. The first-order valence-corrected chi connectivity index (χ1v) is 9.93. The Kier molecular flexibility index (Phi) is 8.29. The Hall–Kier alpha value is -2.38. The fourth-order valence-corrected chi connectivity index (χ4v) is 3.30. The molecule has 0 unspecified atom stereocenters. The van der Waals surface area contributed by atoms with E-state index in [2.05, 4.69) is 29.4 Å². The Morgan fingerprint density at radius 3 is 2.52 bits per heavy atom. The molecule has 1 heterocycles. The van der Waals surface area contributed by atoms with Gasteiger partial charge in [0.05, 0.1) is 17.1 Å². The van der Waals surface area contributed by atoms with Crippen LogP contribution < -0.4 is 15.4 Å². The topological polar surface area (TPSA) is 70.7 Å². The van der Waals surface area contributed by atoms with Crippen LogP contribution in [0, 0.1) is 6.92 Å². The second kappa shape index (κ2) is 10.7. The van der Waals surface area contributed by atoms with Crippen molar-refractivity contribution in [1.82, 2.24) is 10.2 Å². The van der Waals surface area contributed by atoms with Gasteiger partial charge in [-0.1, -0.05) is 26.0 Å². The number of thiophene rings is 1. The Labute approximate surface area is 164 Å². The average Bonchev–Trinajstić information content (AvgIpc) is 3.11. The van der Waals surface area contributed by atoms with Crippen LogP contribution in [0.4, 0.5) is 5.69 Å². The van der Waals surface area contributed by atoms with Gasteiger partial charge >= 0.3 is 0 Å². The number of hydrogen-bond donors (Lipinski definition) is 2. The van der Waals surface area contributed by atoms with Gasteiger partial charge in [0.15, 0.2) is 0 Å². The number of carbonyl (C=O) groups is 2. The first-order valence-electron chi connectivity index (χ1n) is 9.12. The van der Waals surface area contributed by atoms with Crippen molar-refractivity contribution in [1.29, 1.82) is 0 Å². The molecule has 0 fully saturated rings. The van der Waals surface area contributed by atoms with Crippen LogP contribution in [-0.2, 0) is 4.79 Å². The van der Waals surface area contributed by atoms with Crippen molar-refractivity contribution >= 4 is 28.8 Å². The highest BCUT2D eigenvalue weighted by molar-refractivity contribution is 7.13. The van der Waals surface area contributed by atoms with E-state index >= 15 is 0 Å². The number of carbonyl (C=O) groups excluding carboxylic acids is 2. The number of hydrogen-bond acceptors (Lipinski definition) is 5. The van der Waals surface area contributed by atoms with E-state index in [1.54, 1.807) is 12.1 Å². The number of aryl methyl sites for hydroxylation is 1. The number of para-hydroxylation sites is 2. The largest absolute Gasteiger partial charge is 0.490 e. The minimum absolute atomic E-state index is 0.0937. The van der Waals surface area contributed by atoms with Gasteiger partial charge in [-0.2, -0.15) is 0 Å². The number of amides is 2. The van der Waals surface area contributed by atoms with Crippen LogP contribution in [0.2, 0.25) is 0 Å². The van der Waals surface area contributed by atoms with Crippen molar-refractivity contribution in [3.8, 4) is 5.75 Å². The summed E-state index contributed by atoms with van der Waals surface area (Å²) in [5.41, 5.74) is 0.600. The summed E-state index contributed by atoms with van der Waals surface area (Å²) in [4.78, 5) is 28.1. The maximum absolute atomic E-state index is 12.2. The monoisotopic (exact) mass is 389 g/mol. The lowest BCUT2D eigenvalue weighted by molar-refractivity contribution is -0.115. The van der Waals surface area contributed by atoms with E-state index in [9.17, 15) is 9.59 Å². The van der Waals surface area contributed by atoms with Crippen LogP contribution in [0.25, 0.3) is 0 Å². The van der Waals surface area contributed by atoms with E-state index in [0.717, 1.165) is 24.5 Å². The third-order valence-corrected chi connectivity index (χ3v) is 5.09. The van der Waals surface area contributed by atoms with Crippen molar-refractivity contribution in [3.05, 3.63) is 46.2 Å². The number of likely N-dealkylation sites (N-methyl/N-ethyl adjacent to an activating group) is 1. The molecule has 2 aromatic rings. The summed E-state index contributed by atoms with van der Waals surface area (Å²) in [7, 11) is 0. The molecule has 0 aliphatic heterocycles. The first kappa shape index (κ1) is 20.9. The highest BCUT2D eigenvalue weighted by Gasteiger charge is 2.12. The van der Waals surface area contributed by atoms with Gasteiger partial charge in [0.1, 0.15) is 12.4 Å². The Balaban J connectivity index is 1.85. The molecule has 0 bridgehead atoms. The predicted molar refractivity (Wildman–Crippen MR) is 110 cm³/mol. The van der Waals surface area contributed by atoms with Crippen LogP contribution >= 0.6 is 11.3 Å². The quantitative estimate of drug-likeness (QED) is 0.655. The van der Waals surface area contributed by atoms with Gasteiger partial charge in [-0.3, -0.25) is 9.59 Å². The molecule has 0 spiro atoms. The van der Waals surface area contributed by atoms with Gasteiger partial charge in [0, 0.05) is 11.4 Å². The van der Waals surface area contributed by atoms with Crippen molar-refractivity contribution in [2.45, 2.75) is 20.8 Å². The lowest BCUT2D eigenvalue weighted by Crippen LogP contribution is -2.32. The summed E-state index contributed by atoms with van der Waals surface area (Å²) < 4.78 is 5.83. The summed E-state index contributed by atoms with van der Waals surface area (Å²) in [6, 6.07) is 10.9. The fraction of sp³-hybridized carbons (Fsp3) is 0.400. The summed E-state index contributed by atoms with van der Waals surface area (Å²) in [5, 5.41) is 5.44. The molecule has 27 heavy (non-hydrogen) atoms. The number of nitrogens with one attached hydrogen (secondary N) is 2. The number of nitrogens with zero attached hydrogens (tertiary/aromatic N) is 1. The van der Waals surface area contributed by atoms with Gasteiger partial charge in [-0.15, -0.1) is 11.3 Å². The van der Waals surface area contributed by atoms with Crippen molar-refractivity contribution in [2.24, 2.45) is 0 Å². The molecule has 0 aliphatic carbocycles. The van der Waals surface area contributed by atoms with E-state index in [4.69, 9.17) is 4.74 Å². The lowest BCUT2D eigenvalue weighted by Gasteiger charge is -2.19. The van der Waals surface area contributed by atoms with E-state index in [0.29, 0.717) is 22.9 Å². The molecule has 7 heteroatoms. The van der Waals surface area contributed by atoms with Gasteiger partial charge in [-0.05, 0) is 44.3 Å². The second-order valence-corrected chi connectivity index (χ2v) is 7.30. The maximum Gasteiger partial charge on any atom is 0.261 e. The highest BCUT2D eigenvalue weighted by atomic mass is 32.1. The summed E-state index contributed by atoms with van der Waals surface area (Å²) in [5.74, 6) is 0.0849. The van der Waals surface area contributed by atoms with E-state index < -0.39 is 0 Å². The summed E-state index contributed by atoms with van der Waals surface area (Å²) in [6.07, 6.45) is 0. The van der Waals surface area contributed by atoms with E-state index in [1.165, 1.54) is 11.3 Å². The van der Waals surface area contributed by atoms with Gasteiger partial charge < -0.3 is 20.3 Å².